The molecule has 1 amide bonds. The number of rotatable bonds is 7. The molecule has 3 rings (SSSR count). The van der Waals surface area contributed by atoms with Crippen molar-refractivity contribution in [2.24, 2.45) is 0 Å². The summed E-state index contributed by atoms with van der Waals surface area (Å²) in [4.78, 5) is 40.7. The van der Waals surface area contributed by atoms with Crippen LogP contribution in [0.3, 0.4) is 0 Å². The minimum absolute atomic E-state index is 0.209. The molecule has 0 saturated heterocycles. The zero-order chi connectivity index (χ0) is 20.8. The van der Waals surface area contributed by atoms with Crippen LogP contribution in [0.2, 0.25) is 0 Å². The monoisotopic (exact) mass is 393 g/mol. The van der Waals surface area contributed by atoms with E-state index >= 15 is 0 Å². The van der Waals surface area contributed by atoms with E-state index in [1.165, 1.54) is 16.5 Å². The number of amides is 1. The molecule has 150 valence electrons. The van der Waals surface area contributed by atoms with Gasteiger partial charge in [-0.25, -0.2) is 4.98 Å². The van der Waals surface area contributed by atoms with Crippen molar-refractivity contribution in [3.8, 4) is 0 Å². The van der Waals surface area contributed by atoms with Gasteiger partial charge in [0, 0.05) is 0 Å². The molecule has 0 aliphatic carbocycles. The van der Waals surface area contributed by atoms with Crippen molar-refractivity contribution in [2.75, 3.05) is 6.61 Å². The Morgan fingerprint density at radius 1 is 1.14 bits per heavy atom. The highest BCUT2D eigenvalue weighted by atomic mass is 16.5. The standard InChI is InChI=1S/C22H23N3O4/c1-3-16-8-10-17(11-9-16)15(2)24-20(26)13-29-21(27)12-25-14-23-19-7-5-4-6-18(19)22(25)28/h4-11,14-15H,3,12-13H2,1-2H3,(H,24,26). The molecule has 0 radical (unpaired) electrons. The van der Waals surface area contributed by atoms with Crippen LogP contribution >= 0.6 is 0 Å². The van der Waals surface area contributed by atoms with Gasteiger partial charge >= 0.3 is 5.97 Å². The lowest BCUT2D eigenvalue weighted by Crippen LogP contribution is -2.32. The lowest BCUT2D eigenvalue weighted by Gasteiger charge is -2.15. The maximum absolute atomic E-state index is 12.4. The summed E-state index contributed by atoms with van der Waals surface area (Å²) in [6.45, 7) is 3.22. The predicted molar refractivity (Wildman–Crippen MR) is 109 cm³/mol. The fourth-order valence-corrected chi connectivity index (χ4v) is 2.96. The zero-order valence-electron chi connectivity index (χ0n) is 16.4. The molecule has 7 heteroatoms. The molecule has 2 aromatic carbocycles. The quantitative estimate of drug-likeness (QED) is 0.623. The molecule has 1 N–H and O–H groups in total. The highest BCUT2D eigenvalue weighted by Gasteiger charge is 2.13. The number of aryl methyl sites for hydroxylation is 1. The number of hydrogen-bond donors (Lipinski definition) is 1. The minimum atomic E-state index is -0.681. The van der Waals surface area contributed by atoms with Crippen LogP contribution in [0.1, 0.15) is 31.0 Å². The number of para-hydroxylation sites is 1. The van der Waals surface area contributed by atoms with E-state index < -0.39 is 18.5 Å². The second-order valence-electron chi connectivity index (χ2n) is 6.74. The van der Waals surface area contributed by atoms with Gasteiger partial charge in [0.25, 0.3) is 11.5 Å². The molecule has 0 bridgehead atoms. The molecule has 3 aromatic rings. The molecule has 0 aliphatic rings. The van der Waals surface area contributed by atoms with Crippen LogP contribution in [0.4, 0.5) is 0 Å². The smallest absolute Gasteiger partial charge is 0.326 e. The SMILES string of the molecule is CCc1ccc(C(C)NC(=O)COC(=O)Cn2cnc3ccccc3c2=O)cc1. The maximum Gasteiger partial charge on any atom is 0.326 e. The minimum Gasteiger partial charge on any atom is -0.454 e. The molecular weight excluding hydrogens is 370 g/mol. The third kappa shape index (κ3) is 5.07. The van der Waals surface area contributed by atoms with Gasteiger partial charge in [-0.1, -0.05) is 43.3 Å². The number of nitrogens with one attached hydrogen (secondary N) is 1. The van der Waals surface area contributed by atoms with Crippen LogP contribution in [0.15, 0.2) is 59.7 Å². The van der Waals surface area contributed by atoms with E-state index in [2.05, 4.69) is 17.2 Å². The summed E-state index contributed by atoms with van der Waals surface area (Å²) in [5.74, 6) is -1.09. The van der Waals surface area contributed by atoms with Gasteiger partial charge in [0.15, 0.2) is 6.61 Å². The number of carbonyl (C=O) groups is 2. The molecule has 0 spiro atoms. The summed E-state index contributed by atoms with van der Waals surface area (Å²) in [6, 6.07) is 14.7. The molecule has 29 heavy (non-hydrogen) atoms. The first-order valence-corrected chi connectivity index (χ1v) is 9.46. The molecule has 0 fully saturated rings. The highest BCUT2D eigenvalue weighted by molar-refractivity contribution is 5.81. The molecule has 1 atom stereocenters. The van der Waals surface area contributed by atoms with Crippen LogP contribution in [-0.2, 0) is 27.3 Å². The van der Waals surface area contributed by atoms with E-state index in [0.29, 0.717) is 10.9 Å². The van der Waals surface area contributed by atoms with Crippen LogP contribution in [0.5, 0.6) is 0 Å². The van der Waals surface area contributed by atoms with Crippen molar-refractivity contribution in [3.05, 3.63) is 76.3 Å². The first-order valence-electron chi connectivity index (χ1n) is 9.46. The van der Waals surface area contributed by atoms with Crippen molar-refractivity contribution in [1.82, 2.24) is 14.9 Å². The van der Waals surface area contributed by atoms with E-state index in [9.17, 15) is 14.4 Å². The largest absolute Gasteiger partial charge is 0.454 e. The summed E-state index contributed by atoms with van der Waals surface area (Å²) >= 11 is 0. The number of hydrogen-bond acceptors (Lipinski definition) is 5. The van der Waals surface area contributed by atoms with Crippen molar-refractivity contribution >= 4 is 22.8 Å². The highest BCUT2D eigenvalue weighted by Crippen LogP contribution is 2.13. The van der Waals surface area contributed by atoms with Gasteiger partial charge in [0.1, 0.15) is 6.54 Å². The van der Waals surface area contributed by atoms with Crippen molar-refractivity contribution in [2.45, 2.75) is 32.9 Å². The second kappa shape index (κ2) is 9.14. The fourth-order valence-electron chi connectivity index (χ4n) is 2.96. The molecule has 7 nitrogen and oxygen atoms in total. The van der Waals surface area contributed by atoms with E-state index in [1.807, 2.05) is 31.2 Å². The number of benzene rings is 2. The number of nitrogens with zero attached hydrogens (tertiary/aromatic N) is 2. The van der Waals surface area contributed by atoms with Gasteiger partial charge in [-0.2, -0.15) is 0 Å². The van der Waals surface area contributed by atoms with Crippen LogP contribution in [0.25, 0.3) is 10.9 Å². The van der Waals surface area contributed by atoms with Crippen LogP contribution in [-0.4, -0.2) is 28.0 Å². The van der Waals surface area contributed by atoms with Gasteiger partial charge in [0.05, 0.1) is 23.3 Å². The number of aromatic nitrogens is 2. The van der Waals surface area contributed by atoms with E-state index in [1.54, 1.807) is 24.3 Å². The third-order valence-electron chi connectivity index (χ3n) is 4.66. The molecule has 1 aromatic heterocycles. The second-order valence-corrected chi connectivity index (χ2v) is 6.74. The Labute approximate surface area is 168 Å². The summed E-state index contributed by atoms with van der Waals surface area (Å²) in [5, 5.41) is 3.21. The fraction of sp³-hybridized carbons (Fsp3) is 0.273. The van der Waals surface area contributed by atoms with Gasteiger partial charge in [-0.15, -0.1) is 0 Å². The number of ether oxygens (including phenoxy) is 1. The molecule has 0 aliphatic heterocycles. The first-order chi connectivity index (χ1) is 14.0. The Morgan fingerprint density at radius 2 is 1.86 bits per heavy atom. The van der Waals surface area contributed by atoms with Crippen LogP contribution in [0, 0.1) is 0 Å². The Hall–Kier alpha value is -3.48. The zero-order valence-corrected chi connectivity index (χ0v) is 16.4. The Morgan fingerprint density at radius 3 is 2.59 bits per heavy atom. The maximum atomic E-state index is 12.4. The lowest BCUT2D eigenvalue weighted by atomic mass is 10.1. The topological polar surface area (TPSA) is 90.3 Å². The van der Waals surface area contributed by atoms with Crippen LogP contribution < -0.4 is 10.9 Å². The predicted octanol–water partition coefficient (Wildman–Crippen LogP) is 2.38. The Balaban J connectivity index is 1.53. The molecule has 0 saturated carbocycles. The van der Waals surface area contributed by atoms with Gasteiger partial charge in [-0.05, 0) is 36.6 Å². The normalized spacial score (nSPS) is 11.8. The van der Waals surface area contributed by atoms with Gasteiger partial charge in [-0.3, -0.25) is 19.0 Å². The van der Waals surface area contributed by atoms with E-state index in [4.69, 9.17) is 4.74 Å². The van der Waals surface area contributed by atoms with Gasteiger partial charge in [0.2, 0.25) is 0 Å². The first kappa shape index (κ1) is 20.3. The van der Waals surface area contributed by atoms with Crippen molar-refractivity contribution < 1.29 is 14.3 Å². The van der Waals surface area contributed by atoms with E-state index in [0.717, 1.165) is 12.0 Å². The number of carbonyl (C=O) groups excluding carboxylic acids is 2. The molecule has 1 unspecified atom stereocenters. The van der Waals surface area contributed by atoms with Gasteiger partial charge < -0.3 is 10.1 Å². The van der Waals surface area contributed by atoms with Crippen molar-refractivity contribution in [3.63, 3.8) is 0 Å². The Kier molecular flexibility index (Phi) is 6.39. The summed E-state index contributed by atoms with van der Waals surface area (Å²) in [6.07, 6.45) is 2.25. The Bertz CT molecular complexity index is 1070. The van der Waals surface area contributed by atoms with E-state index in [-0.39, 0.29) is 18.1 Å². The molecular formula is C22H23N3O4. The number of esters is 1. The average Bonchev–Trinajstić information content (AvgIpc) is 2.74. The number of fused-ring (bicyclic) bond motifs is 1. The average molecular weight is 393 g/mol. The summed E-state index contributed by atoms with van der Waals surface area (Å²) in [7, 11) is 0. The summed E-state index contributed by atoms with van der Waals surface area (Å²) < 4.78 is 6.18. The summed E-state index contributed by atoms with van der Waals surface area (Å²) in [5.41, 5.74) is 2.42. The third-order valence-corrected chi connectivity index (χ3v) is 4.66. The molecule has 1 heterocycles. The van der Waals surface area contributed by atoms with Crippen molar-refractivity contribution in [1.29, 1.82) is 0 Å². The lowest BCUT2D eigenvalue weighted by molar-refractivity contribution is -0.149.